The second-order valence-corrected chi connectivity index (χ2v) is 7.71. The minimum absolute atomic E-state index is 0.0976. The summed E-state index contributed by atoms with van der Waals surface area (Å²) < 4.78 is 45.5. The van der Waals surface area contributed by atoms with Crippen molar-refractivity contribution in [3.05, 3.63) is 70.8 Å². The third-order valence-electron chi connectivity index (χ3n) is 5.45. The number of hydrogen-bond acceptors (Lipinski definition) is 3. The Kier molecular flexibility index (Phi) is 6.12. The van der Waals surface area contributed by atoms with Crippen LogP contribution >= 0.6 is 0 Å². The Morgan fingerprint density at radius 3 is 2.54 bits per heavy atom. The van der Waals surface area contributed by atoms with Crippen LogP contribution in [0, 0.1) is 6.92 Å². The quantitative estimate of drug-likeness (QED) is 0.776. The molecule has 3 nitrogen and oxygen atoms in total. The second-order valence-electron chi connectivity index (χ2n) is 7.71. The van der Waals surface area contributed by atoms with Crippen LogP contribution in [-0.4, -0.2) is 19.2 Å². The van der Waals surface area contributed by atoms with Gasteiger partial charge in [0.05, 0.1) is 23.8 Å². The van der Waals surface area contributed by atoms with Gasteiger partial charge >= 0.3 is 6.18 Å². The maximum atomic E-state index is 13.1. The van der Waals surface area contributed by atoms with Gasteiger partial charge in [-0.15, -0.1) is 0 Å². The first kappa shape index (κ1) is 20.8. The maximum absolute atomic E-state index is 13.1. The molecule has 1 heterocycles. The van der Waals surface area contributed by atoms with Gasteiger partial charge in [0.1, 0.15) is 0 Å². The maximum Gasteiger partial charge on any atom is 0.416 e. The highest BCUT2D eigenvalue weighted by Crippen LogP contribution is 2.35. The monoisotopic (exact) mass is 392 g/mol. The molecule has 3 rings (SSSR count). The molecule has 152 valence electrons. The molecule has 1 aliphatic rings. The number of halogens is 3. The summed E-state index contributed by atoms with van der Waals surface area (Å²) >= 11 is 0. The van der Waals surface area contributed by atoms with Crippen molar-refractivity contribution in [3.63, 3.8) is 0 Å². The van der Waals surface area contributed by atoms with Gasteiger partial charge in [-0.05, 0) is 49.9 Å². The molecule has 0 spiro atoms. The van der Waals surface area contributed by atoms with E-state index in [1.807, 2.05) is 30.3 Å². The van der Waals surface area contributed by atoms with Crippen LogP contribution in [0.4, 0.5) is 13.2 Å². The van der Waals surface area contributed by atoms with E-state index >= 15 is 0 Å². The minimum atomic E-state index is -4.37. The van der Waals surface area contributed by atoms with Crippen molar-refractivity contribution in [2.24, 2.45) is 5.73 Å². The lowest BCUT2D eigenvalue weighted by Crippen LogP contribution is -2.55. The van der Waals surface area contributed by atoms with Crippen LogP contribution in [0.25, 0.3) is 0 Å². The van der Waals surface area contributed by atoms with Crippen molar-refractivity contribution in [1.82, 2.24) is 5.32 Å². The van der Waals surface area contributed by atoms with E-state index in [0.717, 1.165) is 24.5 Å². The molecule has 0 aromatic heterocycles. The molecule has 6 heteroatoms. The lowest BCUT2D eigenvalue weighted by molar-refractivity contribution is -0.137. The minimum Gasteiger partial charge on any atom is -0.372 e. The van der Waals surface area contributed by atoms with Gasteiger partial charge in [-0.25, -0.2) is 0 Å². The average Bonchev–Trinajstić information content (AvgIpc) is 2.67. The molecule has 0 saturated carbocycles. The van der Waals surface area contributed by atoms with E-state index in [0.29, 0.717) is 24.3 Å². The fourth-order valence-corrected chi connectivity index (χ4v) is 3.73. The normalized spacial score (nSPS) is 24.1. The summed E-state index contributed by atoms with van der Waals surface area (Å²) in [6.07, 6.45) is -3.15. The van der Waals surface area contributed by atoms with Gasteiger partial charge in [-0.2, -0.15) is 13.2 Å². The molecule has 3 N–H and O–H groups in total. The van der Waals surface area contributed by atoms with Crippen LogP contribution in [0.5, 0.6) is 0 Å². The van der Waals surface area contributed by atoms with Gasteiger partial charge in [0.15, 0.2) is 0 Å². The van der Waals surface area contributed by atoms with E-state index < -0.39 is 17.8 Å². The van der Waals surface area contributed by atoms with Gasteiger partial charge in [0.25, 0.3) is 0 Å². The van der Waals surface area contributed by atoms with Gasteiger partial charge in [-0.3, -0.25) is 0 Å². The van der Waals surface area contributed by atoms with Gasteiger partial charge in [0, 0.05) is 12.6 Å². The number of ether oxygens (including phenoxy) is 1. The Labute approximate surface area is 164 Å². The zero-order chi connectivity index (χ0) is 20.4. The molecule has 0 aliphatic carbocycles. The Morgan fingerprint density at radius 1 is 1.21 bits per heavy atom. The fourth-order valence-electron chi connectivity index (χ4n) is 3.73. The number of nitrogens with one attached hydrogen (secondary N) is 1. The first-order valence-electron chi connectivity index (χ1n) is 9.56. The third-order valence-corrected chi connectivity index (χ3v) is 5.45. The molecular formula is C22H27F3N2O. The molecule has 0 radical (unpaired) electrons. The summed E-state index contributed by atoms with van der Waals surface area (Å²) in [6, 6.07) is 14.2. The molecule has 1 saturated heterocycles. The average molecular weight is 392 g/mol. The Bertz CT molecular complexity index is 784. The number of hydrogen-bond donors (Lipinski definition) is 2. The molecule has 28 heavy (non-hydrogen) atoms. The molecule has 1 unspecified atom stereocenters. The standard InChI is InChI=1S/C22H27F3N2O/c1-15-10-17(12-19(11-15)22(23,24)25)16(2)28-14-21(9-8-20(26)13-27-21)18-6-4-3-5-7-18/h3-7,10-12,16,20,27H,8-9,13-14,26H2,1-2H3/t16?,20-,21+/m0/s1. The topological polar surface area (TPSA) is 47.3 Å². The first-order chi connectivity index (χ1) is 13.2. The Hall–Kier alpha value is -1.89. The van der Waals surface area contributed by atoms with E-state index in [1.54, 1.807) is 19.9 Å². The summed E-state index contributed by atoms with van der Waals surface area (Å²) in [7, 11) is 0. The number of nitrogens with two attached hydrogens (primary N) is 1. The van der Waals surface area contributed by atoms with Crippen LogP contribution in [0.3, 0.4) is 0 Å². The summed E-state index contributed by atoms with van der Waals surface area (Å²) in [4.78, 5) is 0. The van der Waals surface area contributed by atoms with Gasteiger partial charge in [-0.1, -0.05) is 42.0 Å². The second kappa shape index (κ2) is 8.23. The van der Waals surface area contributed by atoms with Crippen LogP contribution < -0.4 is 11.1 Å². The summed E-state index contributed by atoms with van der Waals surface area (Å²) in [6.45, 7) is 4.50. The first-order valence-corrected chi connectivity index (χ1v) is 9.56. The van der Waals surface area contributed by atoms with Crippen LogP contribution in [0.15, 0.2) is 48.5 Å². The van der Waals surface area contributed by atoms with Crippen LogP contribution in [-0.2, 0) is 16.5 Å². The molecule has 0 bridgehead atoms. The summed E-state index contributed by atoms with van der Waals surface area (Å²) in [5.41, 5.74) is 7.22. The van der Waals surface area contributed by atoms with E-state index in [9.17, 15) is 13.2 Å². The largest absolute Gasteiger partial charge is 0.416 e. The molecule has 1 aliphatic heterocycles. The molecule has 0 amide bonds. The van der Waals surface area contributed by atoms with Crippen molar-refractivity contribution >= 4 is 0 Å². The van der Waals surface area contributed by atoms with E-state index in [-0.39, 0.29) is 11.6 Å². The van der Waals surface area contributed by atoms with Crippen molar-refractivity contribution in [1.29, 1.82) is 0 Å². The van der Waals surface area contributed by atoms with Crippen molar-refractivity contribution in [2.45, 2.75) is 50.6 Å². The van der Waals surface area contributed by atoms with Gasteiger partial charge in [0.2, 0.25) is 0 Å². The summed E-state index contributed by atoms with van der Waals surface area (Å²) in [5.74, 6) is 0. The molecule has 2 aromatic carbocycles. The molecule has 1 fully saturated rings. The SMILES string of the molecule is Cc1cc(C(C)OC[C@@]2(c3ccccc3)CC[C@H](N)CN2)cc(C(F)(F)F)c1. The van der Waals surface area contributed by atoms with Crippen molar-refractivity contribution in [2.75, 3.05) is 13.2 Å². The molecule has 3 atom stereocenters. The number of aryl methyl sites for hydroxylation is 1. The van der Waals surface area contributed by atoms with Gasteiger partial charge < -0.3 is 15.8 Å². The predicted molar refractivity (Wildman–Crippen MR) is 104 cm³/mol. The number of alkyl halides is 3. The fraction of sp³-hybridized carbons (Fsp3) is 0.455. The van der Waals surface area contributed by atoms with Crippen LogP contribution in [0.2, 0.25) is 0 Å². The molecular weight excluding hydrogens is 365 g/mol. The highest BCUT2D eigenvalue weighted by Gasteiger charge is 2.37. The lowest BCUT2D eigenvalue weighted by Gasteiger charge is -2.41. The summed E-state index contributed by atoms with van der Waals surface area (Å²) in [5, 5.41) is 3.52. The third kappa shape index (κ3) is 4.74. The van der Waals surface area contributed by atoms with Crippen LogP contribution in [0.1, 0.15) is 48.1 Å². The number of piperidine rings is 1. The highest BCUT2D eigenvalue weighted by atomic mass is 19.4. The molecule has 2 aromatic rings. The van der Waals surface area contributed by atoms with Crippen molar-refractivity contribution in [3.8, 4) is 0 Å². The number of rotatable bonds is 5. The lowest BCUT2D eigenvalue weighted by atomic mass is 9.81. The predicted octanol–water partition coefficient (Wildman–Crippen LogP) is 4.70. The van der Waals surface area contributed by atoms with E-state index in [2.05, 4.69) is 5.32 Å². The smallest absolute Gasteiger partial charge is 0.372 e. The Morgan fingerprint density at radius 2 is 1.93 bits per heavy atom. The Balaban J connectivity index is 1.80. The zero-order valence-electron chi connectivity index (χ0n) is 16.2. The van der Waals surface area contributed by atoms with E-state index in [1.165, 1.54) is 6.07 Å². The van der Waals surface area contributed by atoms with E-state index in [4.69, 9.17) is 10.5 Å². The van der Waals surface area contributed by atoms with Crippen molar-refractivity contribution < 1.29 is 17.9 Å². The highest BCUT2D eigenvalue weighted by molar-refractivity contribution is 5.32. The number of benzene rings is 2. The zero-order valence-corrected chi connectivity index (χ0v) is 16.2.